The second-order valence-electron chi connectivity index (χ2n) is 9.21. The van der Waals surface area contributed by atoms with Crippen molar-refractivity contribution in [2.75, 3.05) is 6.54 Å². The van der Waals surface area contributed by atoms with Gasteiger partial charge in [-0.25, -0.2) is 14.8 Å². The van der Waals surface area contributed by atoms with Gasteiger partial charge in [-0.05, 0) is 65.6 Å². The Kier molecular flexibility index (Phi) is 5.49. The van der Waals surface area contributed by atoms with E-state index in [4.69, 9.17) is 14.0 Å². The number of aromatic amines is 1. The largest absolute Gasteiger partial charge is 0.492 e. The Morgan fingerprint density at radius 1 is 1.24 bits per heavy atom. The average molecular weight is 400 g/mol. The van der Waals surface area contributed by atoms with Crippen LogP contribution in [-0.2, 0) is 14.0 Å². The summed E-state index contributed by atoms with van der Waals surface area (Å²) in [5.74, 6) is 0. The van der Waals surface area contributed by atoms with Crippen LogP contribution < -0.4 is 5.32 Å². The van der Waals surface area contributed by atoms with Crippen molar-refractivity contribution in [3.63, 3.8) is 0 Å². The molecule has 8 nitrogen and oxygen atoms in total. The predicted octanol–water partition coefficient (Wildman–Crippen LogP) is 3.50. The number of ether oxygens (including phenoxy) is 1. The molecule has 0 saturated carbocycles. The maximum absolute atomic E-state index is 12.2. The summed E-state index contributed by atoms with van der Waals surface area (Å²) in [6.45, 7) is 13.6. The molecule has 1 aliphatic heterocycles. The Labute approximate surface area is 171 Å². The van der Waals surface area contributed by atoms with E-state index in [0.29, 0.717) is 5.65 Å². The van der Waals surface area contributed by atoms with Crippen LogP contribution in [0.25, 0.3) is 17.2 Å². The van der Waals surface area contributed by atoms with E-state index in [-0.39, 0.29) is 6.54 Å². The third-order valence-corrected chi connectivity index (χ3v) is 5.04. The number of amides is 1. The number of hydrogen-bond donors (Lipinski definition) is 2. The van der Waals surface area contributed by atoms with E-state index in [2.05, 4.69) is 20.3 Å². The Bertz CT molecular complexity index is 914. The highest BCUT2D eigenvalue weighted by molar-refractivity contribution is 6.56. The van der Waals surface area contributed by atoms with E-state index in [0.717, 1.165) is 16.6 Å². The number of nitrogens with one attached hydrogen (secondary N) is 2. The summed E-state index contributed by atoms with van der Waals surface area (Å²) in [7, 11) is -0.604. The second kappa shape index (κ2) is 7.46. The SMILES string of the molecule is CC(C)(C)OC(=O)NCC(=Cc1cnc2nc[nH]c2c1)B1OC(C)(C)C(C)(C)O1. The third-order valence-electron chi connectivity index (χ3n) is 5.04. The second-order valence-corrected chi connectivity index (χ2v) is 9.21. The summed E-state index contributed by atoms with van der Waals surface area (Å²) in [5.41, 5.74) is 1.52. The van der Waals surface area contributed by atoms with Crippen molar-refractivity contribution in [1.29, 1.82) is 0 Å². The number of H-pyrrole nitrogens is 1. The molecule has 0 atom stereocenters. The van der Waals surface area contributed by atoms with Gasteiger partial charge in [0.15, 0.2) is 5.65 Å². The number of alkyl carbamates (subject to hydrolysis) is 1. The topological polar surface area (TPSA) is 98.4 Å². The van der Waals surface area contributed by atoms with E-state index < -0.39 is 30.0 Å². The van der Waals surface area contributed by atoms with Crippen molar-refractivity contribution in [3.8, 4) is 0 Å². The molecular formula is C20H29BN4O4. The molecule has 29 heavy (non-hydrogen) atoms. The molecule has 0 aromatic carbocycles. The summed E-state index contributed by atoms with van der Waals surface area (Å²) in [6.07, 6.45) is 4.74. The van der Waals surface area contributed by atoms with Crippen LogP contribution in [0.3, 0.4) is 0 Å². The number of nitrogens with zero attached hydrogens (tertiary/aromatic N) is 2. The van der Waals surface area contributed by atoms with Crippen molar-refractivity contribution in [1.82, 2.24) is 20.3 Å². The quantitative estimate of drug-likeness (QED) is 0.763. The normalized spacial score (nSPS) is 18.9. The number of pyridine rings is 1. The number of hydrogen-bond acceptors (Lipinski definition) is 6. The lowest BCUT2D eigenvalue weighted by atomic mass is 9.77. The van der Waals surface area contributed by atoms with E-state index in [9.17, 15) is 4.79 Å². The minimum atomic E-state index is -0.604. The molecule has 2 N–H and O–H groups in total. The Morgan fingerprint density at radius 2 is 1.90 bits per heavy atom. The van der Waals surface area contributed by atoms with Gasteiger partial charge in [0.05, 0.1) is 23.0 Å². The van der Waals surface area contributed by atoms with Crippen molar-refractivity contribution in [2.45, 2.75) is 65.3 Å². The zero-order chi connectivity index (χ0) is 21.4. The summed E-state index contributed by atoms with van der Waals surface area (Å²) < 4.78 is 17.7. The van der Waals surface area contributed by atoms with Gasteiger partial charge in [-0.2, -0.15) is 0 Å². The van der Waals surface area contributed by atoms with Gasteiger partial charge in [0.1, 0.15) is 5.60 Å². The molecule has 2 aromatic rings. The minimum Gasteiger partial charge on any atom is -0.444 e. The number of fused-ring (bicyclic) bond motifs is 1. The molecule has 0 bridgehead atoms. The highest BCUT2D eigenvalue weighted by Crippen LogP contribution is 2.38. The van der Waals surface area contributed by atoms with Gasteiger partial charge in [-0.15, -0.1) is 0 Å². The van der Waals surface area contributed by atoms with Crippen molar-refractivity contribution in [2.24, 2.45) is 0 Å². The first-order valence-electron chi connectivity index (χ1n) is 9.68. The monoisotopic (exact) mass is 400 g/mol. The summed E-state index contributed by atoms with van der Waals surface area (Å²) >= 11 is 0. The number of aromatic nitrogens is 3. The van der Waals surface area contributed by atoms with E-state index in [1.165, 1.54) is 0 Å². The fourth-order valence-corrected chi connectivity index (χ4v) is 2.82. The lowest BCUT2D eigenvalue weighted by molar-refractivity contribution is 0.00578. The number of carbonyl (C=O) groups excluding carboxylic acids is 1. The smallest absolute Gasteiger partial charge is 0.444 e. The number of carbonyl (C=O) groups is 1. The van der Waals surface area contributed by atoms with Crippen LogP contribution >= 0.6 is 0 Å². The third kappa shape index (κ3) is 4.97. The van der Waals surface area contributed by atoms with Gasteiger partial charge >= 0.3 is 13.2 Å². The van der Waals surface area contributed by atoms with E-state index in [1.54, 1.807) is 12.5 Å². The molecule has 156 valence electrons. The average Bonchev–Trinajstić information content (AvgIpc) is 3.11. The molecule has 1 amide bonds. The van der Waals surface area contributed by atoms with Crippen LogP contribution in [0, 0.1) is 0 Å². The van der Waals surface area contributed by atoms with Crippen LogP contribution in [0.5, 0.6) is 0 Å². The van der Waals surface area contributed by atoms with Crippen LogP contribution in [0.1, 0.15) is 54.0 Å². The highest BCUT2D eigenvalue weighted by atomic mass is 16.7. The van der Waals surface area contributed by atoms with Crippen LogP contribution in [-0.4, -0.2) is 51.5 Å². The van der Waals surface area contributed by atoms with Gasteiger partial charge in [0.25, 0.3) is 0 Å². The molecule has 2 aromatic heterocycles. The van der Waals surface area contributed by atoms with Gasteiger partial charge < -0.3 is 24.3 Å². The molecule has 3 heterocycles. The molecule has 1 saturated heterocycles. The molecule has 3 rings (SSSR count). The maximum atomic E-state index is 12.2. The molecule has 0 spiro atoms. The zero-order valence-electron chi connectivity index (χ0n) is 18.1. The van der Waals surface area contributed by atoms with Crippen molar-refractivity contribution < 1.29 is 18.8 Å². The standard InChI is InChI=1S/C20H29BN4O4/c1-18(2,3)27-17(26)23-11-14(21-28-19(4,5)20(6,7)29-21)8-13-9-15-16(22-10-13)25-12-24-15/h8-10,12H,11H2,1-7H3,(H,23,26)(H,22,24,25). The Balaban J connectivity index is 1.86. The number of rotatable bonds is 4. The van der Waals surface area contributed by atoms with E-state index in [1.807, 2.05) is 60.6 Å². The molecular weight excluding hydrogens is 371 g/mol. The lowest BCUT2D eigenvalue weighted by Crippen LogP contribution is -2.41. The van der Waals surface area contributed by atoms with E-state index >= 15 is 0 Å². The predicted molar refractivity (Wildman–Crippen MR) is 112 cm³/mol. The Hall–Kier alpha value is -2.39. The first kappa shape index (κ1) is 21.3. The summed E-state index contributed by atoms with van der Waals surface area (Å²) in [4.78, 5) is 23.7. The molecule has 0 radical (unpaired) electrons. The van der Waals surface area contributed by atoms with Gasteiger partial charge in [0, 0.05) is 12.7 Å². The maximum Gasteiger partial charge on any atom is 0.492 e. The lowest BCUT2D eigenvalue weighted by Gasteiger charge is -2.32. The fraction of sp³-hybridized carbons (Fsp3) is 0.550. The molecule has 0 unspecified atom stereocenters. The minimum absolute atomic E-state index is 0.215. The molecule has 0 aliphatic carbocycles. The van der Waals surface area contributed by atoms with Gasteiger partial charge in [-0.3, -0.25) is 0 Å². The van der Waals surface area contributed by atoms with Crippen LogP contribution in [0.15, 0.2) is 24.1 Å². The van der Waals surface area contributed by atoms with Crippen LogP contribution in [0.4, 0.5) is 4.79 Å². The first-order chi connectivity index (χ1) is 13.4. The molecule has 1 aliphatic rings. The van der Waals surface area contributed by atoms with Gasteiger partial charge in [-0.1, -0.05) is 6.08 Å². The van der Waals surface area contributed by atoms with Crippen molar-refractivity contribution in [3.05, 3.63) is 29.6 Å². The Morgan fingerprint density at radius 3 is 2.52 bits per heavy atom. The molecule has 1 fully saturated rings. The highest BCUT2D eigenvalue weighted by Gasteiger charge is 2.52. The van der Waals surface area contributed by atoms with Crippen LogP contribution in [0.2, 0.25) is 0 Å². The molecule has 9 heteroatoms. The van der Waals surface area contributed by atoms with Gasteiger partial charge in [0.2, 0.25) is 0 Å². The first-order valence-corrected chi connectivity index (χ1v) is 9.68. The summed E-state index contributed by atoms with van der Waals surface area (Å²) in [6, 6.07) is 1.94. The summed E-state index contributed by atoms with van der Waals surface area (Å²) in [5, 5.41) is 2.79. The zero-order valence-corrected chi connectivity index (χ0v) is 18.1. The number of imidazole rings is 1. The van der Waals surface area contributed by atoms with Crippen molar-refractivity contribution >= 4 is 30.5 Å². The fourth-order valence-electron chi connectivity index (χ4n) is 2.82.